The minimum Gasteiger partial charge on any atom is -0.480 e. The molecular formula is C13H16N4O3S. The van der Waals surface area contributed by atoms with Crippen LogP contribution in [0.5, 0.6) is 0 Å². The Balaban J connectivity index is 1.75. The van der Waals surface area contributed by atoms with Gasteiger partial charge in [0.15, 0.2) is 5.65 Å². The van der Waals surface area contributed by atoms with Gasteiger partial charge in [0.1, 0.15) is 6.04 Å². The summed E-state index contributed by atoms with van der Waals surface area (Å²) in [6.07, 6.45) is 1.68. The second-order valence-electron chi connectivity index (χ2n) is 4.90. The van der Waals surface area contributed by atoms with E-state index in [-0.39, 0.29) is 5.69 Å². The van der Waals surface area contributed by atoms with Gasteiger partial charge in [-0.3, -0.25) is 14.1 Å². The molecule has 0 spiro atoms. The second-order valence-corrected chi connectivity index (χ2v) is 6.05. The quantitative estimate of drug-likeness (QED) is 0.856. The van der Waals surface area contributed by atoms with Gasteiger partial charge in [-0.25, -0.2) is 9.48 Å². The Morgan fingerprint density at radius 1 is 1.43 bits per heavy atom. The molecule has 2 aromatic heterocycles. The van der Waals surface area contributed by atoms with E-state index in [9.17, 15) is 14.7 Å². The van der Waals surface area contributed by atoms with Gasteiger partial charge in [-0.1, -0.05) is 6.07 Å². The zero-order valence-electron chi connectivity index (χ0n) is 11.4. The smallest absolute Gasteiger partial charge is 0.350 e. The predicted molar refractivity (Wildman–Crippen MR) is 79.8 cm³/mol. The molecule has 7 nitrogen and oxygen atoms in total. The minimum absolute atomic E-state index is 0.191. The number of pyridine rings is 1. The molecule has 1 atom stereocenters. The maximum Gasteiger partial charge on any atom is 0.350 e. The summed E-state index contributed by atoms with van der Waals surface area (Å²) in [5.74, 6) is 0.712. The summed E-state index contributed by atoms with van der Waals surface area (Å²) in [5.41, 5.74) is 0.412. The van der Waals surface area contributed by atoms with Crippen molar-refractivity contribution in [3.05, 3.63) is 34.9 Å². The SMILES string of the molecule is O=C(O)C1CSCCN1CCn1nc2ccccn2c1=O. The van der Waals surface area contributed by atoms with E-state index < -0.39 is 12.0 Å². The van der Waals surface area contributed by atoms with E-state index in [0.29, 0.717) is 24.5 Å². The Morgan fingerprint density at radius 3 is 3.05 bits per heavy atom. The maximum atomic E-state index is 12.1. The fourth-order valence-corrected chi connectivity index (χ4v) is 3.58. The van der Waals surface area contributed by atoms with Gasteiger partial charge in [-0.15, -0.1) is 5.10 Å². The molecule has 3 rings (SSSR count). The monoisotopic (exact) mass is 308 g/mol. The van der Waals surface area contributed by atoms with Crippen LogP contribution in [0, 0.1) is 0 Å². The molecule has 0 aromatic carbocycles. The third-order valence-corrected chi connectivity index (χ3v) is 4.63. The van der Waals surface area contributed by atoms with Crippen LogP contribution < -0.4 is 5.69 Å². The van der Waals surface area contributed by atoms with E-state index in [0.717, 1.165) is 12.3 Å². The van der Waals surface area contributed by atoms with Crippen molar-refractivity contribution < 1.29 is 9.90 Å². The molecule has 0 radical (unpaired) electrons. The molecule has 3 heterocycles. The molecule has 112 valence electrons. The predicted octanol–water partition coefficient (Wildman–Crippen LogP) is -0.00200. The van der Waals surface area contributed by atoms with E-state index in [1.54, 1.807) is 30.1 Å². The Morgan fingerprint density at radius 2 is 2.29 bits per heavy atom. The van der Waals surface area contributed by atoms with Gasteiger partial charge in [-0.2, -0.15) is 11.8 Å². The minimum atomic E-state index is -0.801. The molecule has 0 amide bonds. The van der Waals surface area contributed by atoms with Crippen LogP contribution >= 0.6 is 11.8 Å². The van der Waals surface area contributed by atoms with Crippen LogP contribution in [0.1, 0.15) is 0 Å². The maximum absolute atomic E-state index is 12.1. The van der Waals surface area contributed by atoms with Crippen LogP contribution in [0.4, 0.5) is 0 Å². The fourth-order valence-electron chi connectivity index (χ4n) is 2.47. The fraction of sp³-hybridized carbons (Fsp3) is 0.462. The van der Waals surface area contributed by atoms with Gasteiger partial charge in [0.2, 0.25) is 0 Å². The Labute approximate surface area is 125 Å². The van der Waals surface area contributed by atoms with Crippen molar-refractivity contribution in [3.8, 4) is 0 Å². The number of hydrogen-bond donors (Lipinski definition) is 1. The second kappa shape index (κ2) is 5.90. The molecule has 1 N–H and O–H groups in total. The molecule has 0 bridgehead atoms. The Bertz CT molecular complexity index is 711. The van der Waals surface area contributed by atoms with Gasteiger partial charge >= 0.3 is 11.7 Å². The van der Waals surface area contributed by atoms with Gasteiger partial charge in [0.05, 0.1) is 6.54 Å². The van der Waals surface area contributed by atoms with Crippen LogP contribution in [-0.4, -0.2) is 60.8 Å². The number of carboxylic acid groups (broad SMARTS) is 1. The van der Waals surface area contributed by atoms with Crippen LogP contribution in [0.25, 0.3) is 5.65 Å². The lowest BCUT2D eigenvalue weighted by atomic mass is 10.2. The molecule has 1 saturated heterocycles. The number of aromatic nitrogens is 3. The highest BCUT2D eigenvalue weighted by atomic mass is 32.2. The summed E-state index contributed by atoms with van der Waals surface area (Å²) in [6.45, 7) is 1.64. The number of carbonyl (C=O) groups is 1. The van der Waals surface area contributed by atoms with E-state index in [4.69, 9.17) is 0 Å². The zero-order chi connectivity index (χ0) is 14.8. The summed E-state index contributed by atoms with van der Waals surface area (Å²) in [5, 5.41) is 13.5. The Kier molecular flexibility index (Phi) is 3.98. The van der Waals surface area contributed by atoms with Crippen molar-refractivity contribution >= 4 is 23.4 Å². The lowest BCUT2D eigenvalue weighted by molar-refractivity contribution is -0.142. The van der Waals surface area contributed by atoms with Crippen LogP contribution in [0.15, 0.2) is 29.2 Å². The number of fused-ring (bicyclic) bond motifs is 1. The average molecular weight is 308 g/mol. The summed E-state index contributed by atoms with van der Waals surface area (Å²) in [6, 6.07) is 4.91. The molecule has 1 aliphatic heterocycles. The summed E-state index contributed by atoms with van der Waals surface area (Å²) >= 11 is 1.65. The first-order valence-electron chi connectivity index (χ1n) is 6.75. The molecule has 0 aliphatic carbocycles. The van der Waals surface area contributed by atoms with E-state index in [1.807, 2.05) is 11.0 Å². The third-order valence-electron chi connectivity index (χ3n) is 3.61. The number of aliphatic carboxylic acids is 1. The van der Waals surface area contributed by atoms with Crippen molar-refractivity contribution in [2.24, 2.45) is 0 Å². The van der Waals surface area contributed by atoms with Crippen LogP contribution in [-0.2, 0) is 11.3 Å². The number of carboxylic acids is 1. The van der Waals surface area contributed by atoms with Gasteiger partial charge < -0.3 is 5.11 Å². The van der Waals surface area contributed by atoms with E-state index >= 15 is 0 Å². The number of hydrogen-bond acceptors (Lipinski definition) is 5. The number of nitrogens with zero attached hydrogens (tertiary/aromatic N) is 4. The number of rotatable bonds is 4. The van der Waals surface area contributed by atoms with Crippen molar-refractivity contribution in [1.82, 2.24) is 19.1 Å². The summed E-state index contributed by atoms with van der Waals surface area (Å²) < 4.78 is 2.89. The van der Waals surface area contributed by atoms with Gasteiger partial charge in [0, 0.05) is 30.8 Å². The first kappa shape index (κ1) is 14.2. The topological polar surface area (TPSA) is 79.8 Å². The molecule has 0 saturated carbocycles. The first-order chi connectivity index (χ1) is 10.2. The van der Waals surface area contributed by atoms with Gasteiger partial charge in [-0.05, 0) is 12.1 Å². The van der Waals surface area contributed by atoms with Crippen molar-refractivity contribution in [1.29, 1.82) is 0 Å². The van der Waals surface area contributed by atoms with E-state index in [1.165, 1.54) is 9.08 Å². The van der Waals surface area contributed by atoms with Crippen LogP contribution in [0.2, 0.25) is 0 Å². The molecular weight excluding hydrogens is 292 g/mol. The lowest BCUT2D eigenvalue weighted by Crippen LogP contribution is -2.48. The van der Waals surface area contributed by atoms with Crippen molar-refractivity contribution in [2.75, 3.05) is 24.6 Å². The zero-order valence-corrected chi connectivity index (χ0v) is 12.2. The lowest BCUT2D eigenvalue weighted by Gasteiger charge is -2.32. The molecule has 21 heavy (non-hydrogen) atoms. The first-order valence-corrected chi connectivity index (χ1v) is 7.91. The normalized spacial score (nSPS) is 19.9. The Hall–Kier alpha value is -1.80. The summed E-state index contributed by atoms with van der Waals surface area (Å²) in [4.78, 5) is 25.3. The summed E-state index contributed by atoms with van der Waals surface area (Å²) in [7, 11) is 0. The van der Waals surface area contributed by atoms with Crippen molar-refractivity contribution in [2.45, 2.75) is 12.6 Å². The average Bonchev–Trinajstić information content (AvgIpc) is 2.82. The van der Waals surface area contributed by atoms with E-state index in [2.05, 4.69) is 5.10 Å². The largest absolute Gasteiger partial charge is 0.480 e. The molecule has 1 unspecified atom stereocenters. The standard InChI is InChI=1S/C13H16N4O3S/c18-12(19)10-9-21-8-7-15(10)5-6-17-13(20)16-4-2-1-3-11(16)14-17/h1-4,10H,5-9H2,(H,18,19). The highest BCUT2D eigenvalue weighted by molar-refractivity contribution is 7.99. The number of thioether (sulfide) groups is 1. The molecule has 1 aliphatic rings. The molecule has 1 fully saturated rings. The van der Waals surface area contributed by atoms with Crippen molar-refractivity contribution in [3.63, 3.8) is 0 Å². The molecule has 8 heteroatoms. The third kappa shape index (κ3) is 2.81. The highest BCUT2D eigenvalue weighted by Gasteiger charge is 2.28. The van der Waals surface area contributed by atoms with Gasteiger partial charge in [0.25, 0.3) is 0 Å². The van der Waals surface area contributed by atoms with Crippen LogP contribution in [0.3, 0.4) is 0 Å². The highest BCUT2D eigenvalue weighted by Crippen LogP contribution is 2.16. The molecule has 2 aromatic rings.